The zero-order valence-corrected chi connectivity index (χ0v) is 23.3. The lowest BCUT2D eigenvalue weighted by molar-refractivity contribution is 0.380. The van der Waals surface area contributed by atoms with Gasteiger partial charge in [0.05, 0.1) is 8.07 Å². The average Bonchev–Trinajstić information content (AvgIpc) is 3.39. The monoisotopic (exact) mass is 484 g/mol. The Kier molecular flexibility index (Phi) is 5.33. The van der Waals surface area contributed by atoms with Crippen molar-refractivity contribution in [3.63, 3.8) is 0 Å². The van der Waals surface area contributed by atoms with Gasteiger partial charge in [0.2, 0.25) is 0 Å². The SMILES string of the molecule is CC1CC2C3CC(C)SC3C([Si](C)(C)C3C4SC(C)CC4C4CC(C)SC43)C2S1. The molecular formula is C24H40S4Si. The van der Waals surface area contributed by atoms with Gasteiger partial charge in [0.15, 0.2) is 0 Å². The Hall–Kier alpha value is 1.62. The maximum Gasteiger partial charge on any atom is 0.0584 e. The number of hydrogen-bond donors (Lipinski definition) is 0. The second-order valence-corrected chi connectivity index (χ2v) is 23.6. The first-order valence-corrected chi connectivity index (χ1v) is 19.3. The lowest BCUT2D eigenvalue weighted by Crippen LogP contribution is -2.49. The molecule has 0 amide bonds. The van der Waals surface area contributed by atoms with Crippen LogP contribution < -0.4 is 0 Å². The summed E-state index contributed by atoms with van der Waals surface area (Å²) in [5.74, 6) is 4.25. The Balaban J connectivity index is 1.37. The lowest BCUT2D eigenvalue weighted by Gasteiger charge is -2.45. The summed E-state index contributed by atoms with van der Waals surface area (Å²) in [6, 6.07) is 0. The molecule has 6 aliphatic rings. The minimum absolute atomic E-state index is 0.921. The van der Waals surface area contributed by atoms with Gasteiger partial charge in [-0.2, -0.15) is 47.0 Å². The minimum atomic E-state index is -1.38. The third kappa shape index (κ3) is 3.08. The fourth-order valence-corrected chi connectivity index (χ4v) is 26.2. The van der Waals surface area contributed by atoms with E-state index in [-0.39, 0.29) is 0 Å². The lowest BCUT2D eigenvalue weighted by atomic mass is 9.89. The van der Waals surface area contributed by atoms with Crippen molar-refractivity contribution in [1.29, 1.82) is 0 Å². The van der Waals surface area contributed by atoms with Crippen LogP contribution in [0, 0.1) is 23.7 Å². The zero-order valence-electron chi connectivity index (χ0n) is 19.0. The van der Waals surface area contributed by atoms with E-state index in [1.165, 1.54) is 25.7 Å². The van der Waals surface area contributed by atoms with Crippen molar-refractivity contribution < 1.29 is 0 Å². The van der Waals surface area contributed by atoms with Gasteiger partial charge in [-0.25, -0.2) is 0 Å². The van der Waals surface area contributed by atoms with Crippen molar-refractivity contribution >= 4 is 55.1 Å². The van der Waals surface area contributed by atoms with Crippen molar-refractivity contribution in [2.75, 3.05) is 0 Å². The first kappa shape index (κ1) is 21.2. The number of fused-ring (bicyclic) bond motifs is 6. The molecule has 2 saturated carbocycles. The molecule has 6 fully saturated rings. The summed E-state index contributed by atoms with van der Waals surface area (Å²) in [7, 11) is -1.38. The molecule has 0 N–H and O–H groups in total. The van der Waals surface area contributed by atoms with E-state index in [1.807, 2.05) is 0 Å². The van der Waals surface area contributed by atoms with Crippen molar-refractivity contribution in [2.45, 2.75) is 120 Å². The van der Waals surface area contributed by atoms with E-state index in [0.29, 0.717) is 0 Å². The van der Waals surface area contributed by atoms with Gasteiger partial charge in [-0.3, -0.25) is 0 Å². The van der Waals surface area contributed by atoms with Crippen molar-refractivity contribution in [3.05, 3.63) is 0 Å². The van der Waals surface area contributed by atoms with Gasteiger partial charge in [0, 0.05) is 42.0 Å². The molecule has 5 heteroatoms. The summed E-state index contributed by atoms with van der Waals surface area (Å²) in [4.78, 5) is 0. The number of thioether (sulfide) groups is 4. The van der Waals surface area contributed by atoms with Gasteiger partial charge in [0.25, 0.3) is 0 Å². The molecule has 0 radical (unpaired) electrons. The van der Waals surface area contributed by atoms with Crippen LogP contribution in [0.15, 0.2) is 0 Å². The summed E-state index contributed by atoms with van der Waals surface area (Å²) < 4.78 is 0. The second-order valence-electron chi connectivity index (χ2n) is 12.1. The number of hydrogen-bond acceptors (Lipinski definition) is 4. The van der Waals surface area contributed by atoms with Gasteiger partial charge >= 0.3 is 0 Å². The van der Waals surface area contributed by atoms with Gasteiger partial charge in [-0.15, -0.1) is 0 Å². The molecule has 4 saturated heterocycles. The van der Waals surface area contributed by atoms with E-state index >= 15 is 0 Å². The van der Waals surface area contributed by atoms with Crippen LogP contribution >= 0.6 is 47.0 Å². The van der Waals surface area contributed by atoms with E-state index in [1.54, 1.807) is 0 Å². The first-order chi connectivity index (χ1) is 13.8. The molecule has 0 aromatic carbocycles. The molecule has 0 bridgehead atoms. The molecule has 29 heavy (non-hydrogen) atoms. The molecule has 0 aromatic heterocycles. The highest BCUT2D eigenvalue weighted by Crippen LogP contribution is 2.72. The predicted octanol–water partition coefficient (Wildman–Crippen LogP) is 7.50. The Morgan fingerprint density at radius 1 is 0.483 bits per heavy atom. The summed E-state index contributed by atoms with van der Waals surface area (Å²) in [5.41, 5.74) is 2.17. The Morgan fingerprint density at radius 2 is 0.724 bits per heavy atom. The third-order valence-corrected chi connectivity index (χ3v) is 22.2. The van der Waals surface area contributed by atoms with Crippen LogP contribution in [0.25, 0.3) is 0 Å². The summed E-state index contributed by atoms with van der Waals surface area (Å²) in [6.07, 6.45) is 6.13. The van der Waals surface area contributed by atoms with Gasteiger partial charge in [-0.05, 0) is 60.4 Å². The Bertz CT molecular complexity index is 567. The average molecular weight is 485 g/mol. The first-order valence-electron chi connectivity index (χ1n) is 12.4. The van der Waals surface area contributed by atoms with Crippen molar-refractivity contribution in [3.8, 4) is 0 Å². The summed E-state index contributed by atoms with van der Waals surface area (Å²) in [6.45, 7) is 16.0. The maximum absolute atomic E-state index is 2.90. The molecule has 2 aliphatic carbocycles. The smallest absolute Gasteiger partial charge is 0.0584 e. The Morgan fingerprint density at radius 3 is 0.966 bits per heavy atom. The van der Waals surface area contributed by atoms with Crippen LogP contribution in [0.3, 0.4) is 0 Å². The largest absolute Gasteiger partial charge is 0.155 e. The molecule has 12 atom stereocenters. The van der Waals surface area contributed by atoms with Crippen LogP contribution in [0.5, 0.6) is 0 Å². The van der Waals surface area contributed by atoms with Crippen molar-refractivity contribution in [2.24, 2.45) is 23.7 Å². The Labute approximate surface area is 197 Å². The van der Waals surface area contributed by atoms with Gasteiger partial charge in [0.1, 0.15) is 0 Å². The van der Waals surface area contributed by atoms with E-state index in [2.05, 4.69) is 87.8 Å². The predicted molar refractivity (Wildman–Crippen MR) is 141 cm³/mol. The highest BCUT2D eigenvalue weighted by atomic mass is 32.2. The molecule has 4 heterocycles. The van der Waals surface area contributed by atoms with Crippen molar-refractivity contribution in [1.82, 2.24) is 0 Å². The third-order valence-electron chi connectivity index (χ3n) is 9.90. The normalized spacial score (nSPS) is 61.0. The van der Waals surface area contributed by atoms with E-state index in [0.717, 1.165) is 76.8 Å². The quantitative estimate of drug-likeness (QED) is 0.372. The van der Waals surface area contributed by atoms with E-state index in [4.69, 9.17) is 0 Å². The minimum Gasteiger partial charge on any atom is -0.155 e. The molecule has 6 rings (SSSR count). The van der Waals surface area contributed by atoms with Crippen LogP contribution in [0.2, 0.25) is 24.2 Å². The topological polar surface area (TPSA) is 0 Å². The van der Waals surface area contributed by atoms with Crippen LogP contribution in [0.1, 0.15) is 53.4 Å². The molecule has 12 unspecified atom stereocenters. The molecular weight excluding hydrogens is 445 g/mol. The highest BCUT2D eigenvalue weighted by Gasteiger charge is 2.68. The molecule has 164 valence electrons. The van der Waals surface area contributed by atoms with Crippen LogP contribution in [-0.2, 0) is 0 Å². The van der Waals surface area contributed by atoms with E-state index in [9.17, 15) is 0 Å². The van der Waals surface area contributed by atoms with Gasteiger partial charge in [-0.1, -0.05) is 40.8 Å². The van der Waals surface area contributed by atoms with Crippen LogP contribution in [-0.4, -0.2) is 50.1 Å². The molecule has 0 aromatic rings. The fourth-order valence-electron chi connectivity index (χ4n) is 9.14. The van der Waals surface area contributed by atoms with Gasteiger partial charge < -0.3 is 0 Å². The van der Waals surface area contributed by atoms with E-state index < -0.39 is 8.07 Å². The summed E-state index contributed by atoms with van der Waals surface area (Å²) in [5, 5.41) is 7.77. The second kappa shape index (κ2) is 7.31. The summed E-state index contributed by atoms with van der Waals surface area (Å²) >= 11 is 9.79. The highest BCUT2D eigenvalue weighted by molar-refractivity contribution is 8.02. The number of rotatable bonds is 2. The standard InChI is InChI=1S/C24H40S4Si/c1-11-7-15-16-8-12(2)26-20(16)23(19(15)25-11)29(5,6)24-21-17(9-13(3)27-21)18-10-14(4)28-22(18)24/h11-24H,7-10H2,1-6H3. The maximum atomic E-state index is 2.90. The van der Waals surface area contributed by atoms with Crippen LogP contribution in [0.4, 0.5) is 0 Å². The molecule has 0 nitrogen and oxygen atoms in total. The zero-order chi connectivity index (χ0) is 20.2. The molecule has 4 aliphatic heterocycles. The molecule has 0 spiro atoms. The fraction of sp³-hybridized carbons (Fsp3) is 1.00.